The Bertz CT molecular complexity index is 2070. The first-order chi connectivity index (χ1) is 21.9. The van der Waals surface area contributed by atoms with Crippen LogP contribution in [0.3, 0.4) is 0 Å². The molecule has 0 radical (unpaired) electrons. The molecule has 0 saturated carbocycles. The summed E-state index contributed by atoms with van der Waals surface area (Å²) in [6, 6.07) is 7.70. The van der Waals surface area contributed by atoms with Crippen molar-refractivity contribution in [2.75, 3.05) is 7.11 Å². The number of hydrogen-bond acceptors (Lipinski definition) is 14. The molecule has 2 aromatic heterocycles. The Kier molecular flexibility index (Phi) is 7.45. The summed E-state index contributed by atoms with van der Waals surface area (Å²) in [5, 5.41) is 55.1. The molecule has 0 unspecified atom stereocenters. The summed E-state index contributed by atoms with van der Waals surface area (Å²) in [4.78, 5) is 26.5. The van der Waals surface area contributed by atoms with Crippen LogP contribution < -0.4 is 16.0 Å². The summed E-state index contributed by atoms with van der Waals surface area (Å²) in [6.07, 6.45) is -13.0. The van der Waals surface area contributed by atoms with Gasteiger partial charge in [-0.15, -0.1) is 0 Å². The molecule has 14 heteroatoms. The van der Waals surface area contributed by atoms with Gasteiger partial charge in [0.25, 0.3) is 0 Å². The lowest BCUT2D eigenvalue weighted by Gasteiger charge is -2.46. The van der Waals surface area contributed by atoms with Crippen molar-refractivity contribution in [3.63, 3.8) is 0 Å². The van der Waals surface area contributed by atoms with Crippen molar-refractivity contribution < 1.29 is 58.1 Å². The largest absolute Gasteiger partial charge is 0.506 e. The maximum atomic E-state index is 13.4. The second-order valence-corrected chi connectivity index (χ2v) is 11.8. The third kappa shape index (κ3) is 4.48. The van der Waals surface area contributed by atoms with Gasteiger partial charge in [0.05, 0.1) is 23.0 Å². The Morgan fingerprint density at radius 2 is 1.41 bits per heavy atom. The SMILES string of the molecule is CO[C@H]1[C@@H](O)[C@@H](C)O[C@H](O[C@H]2[C@H](Oc3cccc4c(O)c5c(=O)oc6ccc(C)c7c(=O)oc(c34)c5c67)O[C@H](C)[C@H](O)[C@@H]2O)[C@@H]1O. The molecule has 0 amide bonds. The van der Waals surface area contributed by atoms with E-state index < -0.39 is 78.4 Å². The van der Waals surface area contributed by atoms with Gasteiger partial charge in [-0.3, -0.25) is 0 Å². The number of ether oxygens (including phenoxy) is 5. The average molecular weight is 641 g/mol. The molecular formula is C32H32O14. The summed E-state index contributed by atoms with van der Waals surface area (Å²) in [5.74, 6) is -0.425. The van der Waals surface area contributed by atoms with Crippen LogP contribution in [0.1, 0.15) is 19.4 Å². The molecule has 5 N–H and O–H groups in total. The summed E-state index contributed by atoms with van der Waals surface area (Å²) in [7, 11) is 1.30. The van der Waals surface area contributed by atoms with Gasteiger partial charge in [-0.25, -0.2) is 9.59 Å². The molecular weight excluding hydrogens is 608 g/mol. The van der Waals surface area contributed by atoms with E-state index in [0.717, 1.165) is 0 Å². The third-order valence-electron chi connectivity index (χ3n) is 9.03. The van der Waals surface area contributed by atoms with E-state index in [1.165, 1.54) is 32.2 Å². The van der Waals surface area contributed by atoms with Crippen LogP contribution in [-0.4, -0.2) is 94.1 Å². The minimum Gasteiger partial charge on any atom is -0.506 e. The molecule has 244 valence electrons. The first kappa shape index (κ1) is 30.8. The van der Waals surface area contributed by atoms with Gasteiger partial charge in [0, 0.05) is 23.3 Å². The van der Waals surface area contributed by atoms with Crippen LogP contribution in [0.15, 0.2) is 48.8 Å². The second-order valence-electron chi connectivity index (χ2n) is 11.8. The molecule has 46 heavy (non-hydrogen) atoms. The molecule has 5 aromatic rings. The van der Waals surface area contributed by atoms with Crippen molar-refractivity contribution in [2.24, 2.45) is 0 Å². The molecule has 7 rings (SSSR count). The predicted octanol–water partition coefficient (Wildman–Crippen LogP) is 1.37. The van der Waals surface area contributed by atoms with E-state index in [9.17, 15) is 35.1 Å². The Balaban J connectivity index is 1.38. The number of rotatable bonds is 5. The first-order valence-electron chi connectivity index (χ1n) is 14.7. The number of fused-ring (bicyclic) bond motifs is 2. The van der Waals surface area contributed by atoms with E-state index >= 15 is 0 Å². The van der Waals surface area contributed by atoms with E-state index in [-0.39, 0.29) is 43.8 Å². The Morgan fingerprint density at radius 3 is 2.15 bits per heavy atom. The fraction of sp³-hybridized carbons (Fsp3) is 0.438. The summed E-state index contributed by atoms with van der Waals surface area (Å²) < 4.78 is 40.4. The standard InChI is InChI=1S/C32H32O14/c1-10-8-9-15-18-16(10)29(38)45-26-17-13(23(35)20(19(18)26)30(39)43-15)6-5-7-14(17)44-32-28(24(36)21(33)11(2)42-32)46-31-25(37)27(40-4)22(34)12(3)41-31/h5-9,11-12,21-22,24-25,27-28,31-37H,1-4H3/t11-,12-,21+,22+,24+,25-,27+,28-,31-,32+/m1/s1. The molecule has 3 aromatic carbocycles. The number of phenolic OH excluding ortho intramolecular Hbond substituents is 1. The number of aromatic hydroxyl groups is 1. The van der Waals surface area contributed by atoms with Crippen LogP contribution in [0.5, 0.6) is 11.5 Å². The van der Waals surface area contributed by atoms with E-state index in [0.29, 0.717) is 10.9 Å². The normalized spacial score (nSPS) is 32.2. The molecule has 4 heterocycles. The fourth-order valence-electron chi connectivity index (χ4n) is 6.58. The molecule has 2 aliphatic heterocycles. The summed E-state index contributed by atoms with van der Waals surface area (Å²) in [6.45, 7) is 4.77. The highest BCUT2D eigenvalue weighted by Gasteiger charge is 2.50. The lowest BCUT2D eigenvalue weighted by Crippen LogP contribution is -2.64. The molecule has 14 nitrogen and oxygen atoms in total. The van der Waals surface area contributed by atoms with Gasteiger partial charge in [0.1, 0.15) is 53.0 Å². The number of phenols is 1. The molecule has 2 fully saturated rings. The minimum absolute atomic E-state index is 0.00746. The number of aliphatic hydroxyl groups excluding tert-OH is 4. The number of aryl methyl sites for hydroxylation is 1. The maximum Gasteiger partial charge on any atom is 0.348 e. The average Bonchev–Trinajstić information content (AvgIpc) is 3.02. The molecule has 0 bridgehead atoms. The Hall–Kier alpha value is -3.86. The van der Waals surface area contributed by atoms with E-state index in [1.807, 2.05) is 0 Å². The monoisotopic (exact) mass is 640 g/mol. The van der Waals surface area contributed by atoms with Gasteiger partial charge in [-0.1, -0.05) is 18.2 Å². The molecule has 2 aliphatic rings. The van der Waals surface area contributed by atoms with Crippen molar-refractivity contribution >= 4 is 43.5 Å². The quantitative estimate of drug-likeness (QED) is 0.104. The van der Waals surface area contributed by atoms with E-state index in [1.54, 1.807) is 26.0 Å². The number of methoxy groups -OCH3 is 1. The van der Waals surface area contributed by atoms with Crippen LogP contribution in [0.2, 0.25) is 0 Å². The van der Waals surface area contributed by atoms with Crippen LogP contribution in [0.25, 0.3) is 43.5 Å². The lowest BCUT2D eigenvalue weighted by atomic mass is 9.95. The zero-order valence-corrected chi connectivity index (χ0v) is 25.1. The molecule has 0 spiro atoms. The van der Waals surface area contributed by atoms with Gasteiger partial charge >= 0.3 is 11.3 Å². The Labute approximate surface area is 259 Å². The van der Waals surface area contributed by atoms with Crippen molar-refractivity contribution in [3.05, 3.63) is 56.7 Å². The van der Waals surface area contributed by atoms with Crippen molar-refractivity contribution in [2.45, 2.75) is 82.2 Å². The lowest BCUT2D eigenvalue weighted by molar-refractivity contribution is -0.353. The van der Waals surface area contributed by atoms with Gasteiger partial charge in [-0.05, 0) is 38.5 Å². The maximum absolute atomic E-state index is 13.4. The number of aliphatic hydroxyl groups is 4. The van der Waals surface area contributed by atoms with E-state index in [4.69, 9.17) is 32.5 Å². The van der Waals surface area contributed by atoms with Crippen molar-refractivity contribution in [3.8, 4) is 11.5 Å². The van der Waals surface area contributed by atoms with Gasteiger partial charge in [0.2, 0.25) is 6.29 Å². The molecule has 2 saturated heterocycles. The smallest absolute Gasteiger partial charge is 0.348 e. The third-order valence-corrected chi connectivity index (χ3v) is 9.03. The van der Waals surface area contributed by atoms with Gasteiger partial charge in [-0.2, -0.15) is 0 Å². The van der Waals surface area contributed by atoms with E-state index in [2.05, 4.69) is 0 Å². The summed E-state index contributed by atoms with van der Waals surface area (Å²) >= 11 is 0. The fourth-order valence-corrected chi connectivity index (χ4v) is 6.58. The predicted molar refractivity (Wildman–Crippen MR) is 160 cm³/mol. The zero-order chi connectivity index (χ0) is 32.8. The van der Waals surface area contributed by atoms with Crippen LogP contribution in [0.4, 0.5) is 0 Å². The van der Waals surface area contributed by atoms with Gasteiger partial charge < -0.3 is 58.1 Å². The molecule has 10 atom stereocenters. The Morgan fingerprint density at radius 1 is 0.717 bits per heavy atom. The minimum atomic E-state index is -1.60. The first-order valence-corrected chi connectivity index (χ1v) is 14.7. The highest BCUT2D eigenvalue weighted by atomic mass is 16.8. The zero-order valence-electron chi connectivity index (χ0n) is 25.1. The van der Waals surface area contributed by atoms with Crippen LogP contribution >= 0.6 is 0 Å². The second kappa shape index (κ2) is 11.1. The van der Waals surface area contributed by atoms with Gasteiger partial charge in [0.15, 0.2) is 18.0 Å². The summed E-state index contributed by atoms with van der Waals surface area (Å²) in [5.41, 5.74) is -0.899. The topological polar surface area (TPSA) is 208 Å². The number of hydrogen-bond donors (Lipinski definition) is 5. The highest BCUT2D eigenvalue weighted by molar-refractivity contribution is 6.28. The molecule has 0 aliphatic carbocycles. The van der Waals surface area contributed by atoms with Crippen LogP contribution in [0, 0.1) is 6.92 Å². The highest BCUT2D eigenvalue weighted by Crippen LogP contribution is 2.45. The van der Waals surface area contributed by atoms with Crippen molar-refractivity contribution in [1.82, 2.24) is 0 Å². The van der Waals surface area contributed by atoms with Crippen LogP contribution in [-0.2, 0) is 18.9 Å². The number of benzene rings is 3. The van der Waals surface area contributed by atoms with Crippen molar-refractivity contribution in [1.29, 1.82) is 0 Å².